The van der Waals surface area contributed by atoms with Crippen LogP contribution >= 0.6 is 15.9 Å². The number of nitrogens with one attached hydrogen (secondary N) is 1. The first-order valence-corrected chi connectivity index (χ1v) is 7.71. The van der Waals surface area contributed by atoms with Gasteiger partial charge in [0, 0.05) is 15.7 Å². The number of carbonyl (C=O) groups excluding carboxylic acids is 1. The molecule has 1 atom stereocenters. The van der Waals surface area contributed by atoms with E-state index in [0.29, 0.717) is 5.56 Å². The van der Waals surface area contributed by atoms with Crippen molar-refractivity contribution in [2.24, 2.45) is 0 Å². The van der Waals surface area contributed by atoms with Gasteiger partial charge < -0.3 is 10.1 Å². The SMILES string of the molecule is CCC(C)Oc1ccc(NC(=O)c2ccc(Br)cc2)cc1. The zero-order valence-corrected chi connectivity index (χ0v) is 13.7. The minimum absolute atomic E-state index is 0.127. The number of benzene rings is 2. The fourth-order valence-electron chi connectivity index (χ4n) is 1.74. The van der Waals surface area contributed by atoms with Gasteiger partial charge in [-0.1, -0.05) is 22.9 Å². The zero-order valence-electron chi connectivity index (χ0n) is 12.1. The van der Waals surface area contributed by atoms with Crippen LogP contribution in [0.4, 0.5) is 5.69 Å². The van der Waals surface area contributed by atoms with Crippen LogP contribution in [0.2, 0.25) is 0 Å². The predicted molar refractivity (Wildman–Crippen MR) is 88.9 cm³/mol. The van der Waals surface area contributed by atoms with Gasteiger partial charge in [0.25, 0.3) is 5.91 Å². The lowest BCUT2D eigenvalue weighted by Gasteiger charge is -2.13. The maximum Gasteiger partial charge on any atom is 0.255 e. The highest BCUT2D eigenvalue weighted by molar-refractivity contribution is 9.10. The molecule has 0 aliphatic rings. The molecule has 2 aromatic carbocycles. The normalized spacial score (nSPS) is 11.8. The molecule has 1 amide bonds. The van der Waals surface area contributed by atoms with E-state index in [0.717, 1.165) is 22.3 Å². The number of rotatable bonds is 5. The van der Waals surface area contributed by atoms with Gasteiger partial charge in [-0.3, -0.25) is 4.79 Å². The number of carbonyl (C=O) groups is 1. The van der Waals surface area contributed by atoms with Crippen molar-refractivity contribution in [1.82, 2.24) is 0 Å². The van der Waals surface area contributed by atoms with Crippen molar-refractivity contribution in [1.29, 1.82) is 0 Å². The summed E-state index contributed by atoms with van der Waals surface area (Å²) in [5.41, 5.74) is 1.37. The second-order valence-electron chi connectivity index (χ2n) is 4.82. The Morgan fingerprint density at radius 1 is 1.14 bits per heavy atom. The van der Waals surface area contributed by atoms with Gasteiger partial charge in [0.05, 0.1) is 6.10 Å². The summed E-state index contributed by atoms with van der Waals surface area (Å²) in [5.74, 6) is 0.684. The lowest BCUT2D eigenvalue weighted by Crippen LogP contribution is -2.12. The molecule has 0 aliphatic carbocycles. The van der Waals surface area contributed by atoms with Crippen LogP contribution in [0.15, 0.2) is 53.0 Å². The van der Waals surface area contributed by atoms with E-state index in [1.807, 2.05) is 43.3 Å². The third kappa shape index (κ3) is 4.60. The van der Waals surface area contributed by atoms with E-state index in [1.54, 1.807) is 12.1 Å². The maximum atomic E-state index is 12.1. The van der Waals surface area contributed by atoms with Crippen molar-refractivity contribution in [3.8, 4) is 5.75 Å². The number of hydrogen-bond acceptors (Lipinski definition) is 2. The fraction of sp³-hybridized carbons (Fsp3) is 0.235. The van der Waals surface area contributed by atoms with Crippen LogP contribution in [0.25, 0.3) is 0 Å². The first-order valence-electron chi connectivity index (χ1n) is 6.92. The van der Waals surface area contributed by atoms with Crippen molar-refractivity contribution in [3.63, 3.8) is 0 Å². The average molecular weight is 348 g/mol. The number of hydrogen-bond donors (Lipinski definition) is 1. The van der Waals surface area contributed by atoms with E-state index in [4.69, 9.17) is 4.74 Å². The van der Waals surface area contributed by atoms with Gasteiger partial charge in [-0.15, -0.1) is 0 Å². The second-order valence-corrected chi connectivity index (χ2v) is 5.74. The Morgan fingerprint density at radius 2 is 1.76 bits per heavy atom. The summed E-state index contributed by atoms with van der Waals surface area (Å²) >= 11 is 3.35. The largest absolute Gasteiger partial charge is 0.491 e. The third-order valence-corrected chi connectivity index (χ3v) is 3.66. The van der Waals surface area contributed by atoms with Crippen molar-refractivity contribution >= 4 is 27.5 Å². The molecule has 1 N–H and O–H groups in total. The van der Waals surface area contributed by atoms with Gasteiger partial charge in [-0.2, -0.15) is 0 Å². The highest BCUT2D eigenvalue weighted by Crippen LogP contribution is 2.18. The van der Waals surface area contributed by atoms with Gasteiger partial charge in [-0.25, -0.2) is 0 Å². The van der Waals surface area contributed by atoms with E-state index in [2.05, 4.69) is 28.2 Å². The molecule has 0 radical (unpaired) electrons. The quantitative estimate of drug-likeness (QED) is 0.836. The van der Waals surface area contributed by atoms with Crippen LogP contribution in [-0.4, -0.2) is 12.0 Å². The molecule has 0 saturated carbocycles. The van der Waals surface area contributed by atoms with E-state index in [9.17, 15) is 4.79 Å². The minimum atomic E-state index is -0.127. The monoisotopic (exact) mass is 347 g/mol. The lowest BCUT2D eigenvalue weighted by molar-refractivity contribution is 0.102. The van der Waals surface area contributed by atoms with Crippen LogP contribution in [0.5, 0.6) is 5.75 Å². The van der Waals surface area contributed by atoms with Gasteiger partial charge in [0.2, 0.25) is 0 Å². The molecular formula is C17H18BrNO2. The molecule has 110 valence electrons. The number of halogens is 1. The topological polar surface area (TPSA) is 38.3 Å². The first-order chi connectivity index (χ1) is 10.1. The summed E-state index contributed by atoms with van der Waals surface area (Å²) in [6, 6.07) is 14.7. The van der Waals surface area contributed by atoms with Crippen LogP contribution in [-0.2, 0) is 0 Å². The molecule has 0 heterocycles. The molecule has 4 heteroatoms. The van der Waals surface area contributed by atoms with E-state index in [-0.39, 0.29) is 12.0 Å². The minimum Gasteiger partial charge on any atom is -0.491 e. The first kappa shape index (κ1) is 15.6. The molecule has 0 aromatic heterocycles. The standard InChI is InChI=1S/C17H18BrNO2/c1-3-12(2)21-16-10-8-15(9-11-16)19-17(20)13-4-6-14(18)7-5-13/h4-12H,3H2,1-2H3,(H,19,20). The van der Waals surface area contributed by atoms with Crippen LogP contribution < -0.4 is 10.1 Å². The number of ether oxygens (including phenoxy) is 1. The fourth-order valence-corrected chi connectivity index (χ4v) is 2.00. The molecule has 0 aliphatic heterocycles. The smallest absolute Gasteiger partial charge is 0.255 e. The van der Waals surface area contributed by atoms with Crippen molar-refractivity contribution < 1.29 is 9.53 Å². The second kappa shape index (κ2) is 7.27. The predicted octanol–water partition coefficient (Wildman–Crippen LogP) is 4.88. The molecule has 21 heavy (non-hydrogen) atoms. The van der Waals surface area contributed by atoms with Crippen LogP contribution in [0, 0.1) is 0 Å². The third-order valence-electron chi connectivity index (χ3n) is 3.13. The Balaban J connectivity index is 1.99. The van der Waals surface area contributed by atoms with Gasteiger partial charge in [0.1, 0.15) is 5.75 Å². The van der Waals surface area contributed by atoms with Gasteiger partial charge in [0.15, 0.2) is 0 Å². The Labute approximate surface area is 133 Å². The van der Waals surface area contributed by atoms with Gasteiger partial charge in [-0.05, 0) is 61.9 Å². The summed E-state index contributed by atoms with van der Waals surface area (Å²) in [4.78, 5) is 12.1. The summed E-state index contributed by atoms with van der Waals surface area (Å²) < 4.78 is 6.65. The molecule has 0 fully saturated rings. The Morgan fingerprint density at radius 3 is 2.33 bits per heavy atom. The molecule has 1 unspecified atom stereocenters. The molecule has 0 bridgehead atoms. The molecule has 3 nitrogen and oxygen atoms in total. The van der Waals surface area contributed by atoms with E-state index >= 15 is 0 Å². The summed E-state index contributed by atoms with van der Waals surface area (Å²) in [5, 5.41) is 2.86. The number of amides is 1. The Bertz CT molecular complexity index is 593. The Hall–Kier alpha value is -1.81. The summed E-state index contributed by atoms with van der Waals surface area (Å²) in [6.07, 6.45) is 1.15. The van der Waals surface area contributed by atoms with E-state index in [1.165, 1.54) is 0 Å². The molecule has 0 saturated heterocycles. The Kier molecular flexibility index (Phi) is 5.39. The highest BCUT2D eigenvalue weighted by atomic mass is 79.9. The van der Waals surface area contributed by atoms with E-state index < -0.39 is 0 Å². The average Bonchev–Trinajstić information content (AvgIpc) is 2.49. The highest BCUT2D eigenvalue weighted by Gasteiger charge is 2.06. The van der Waals surface area contributed by atoms with Crippen molar-refractivity contribution in [2.75, 3.05) is 5.32 Å². The molecule has 2 rings (SSSR count). The van der Waals surface area contributed by atoms with Crippen molar-refractivity contribution in [3.05, 3.63) is 58.6 Å². The zero-order chi connectivity index (χ0) is 15.2. The maximum absolute atomic E-state index is 12.1. The molecule has 2 aromatic rings. The number of anilines is 1. The van der Waals surface area contributed by atoms with Crippen molar-refractivity contribution in [2.45, 2.75) is 26.4 Å². The van der Waals surface area contributed by atoms with Crippen LogP contribution in [0.3, 0.4) is 0 Å². The molecular weight excluding hydrogens is 330 g/mol. The van der Waals surface area contributed by atoms with Gasteiger partial charge >= 0.3 is 0 Å². The summed E-state index contributed by atoms with van der Waals surface area (Å²) in [6.45, 7) is 4.11. The molecule has 0 spiro atoms. The summed E-state index contributed by atoms with van der Waals surface area (Å²) in [7, 11) is 0. The lowest BCUT2D eigenvalue weighted by atomic mass is 10.2. The van der Waals surface area contributed by atoms with Crippen LogP contribution in [0.1, 0.15) is 30.6 Å².